The van der Waals surface area contributed by atoms with Crippen LogP contribution in [0.15, 0.2) is 65.6 Å². The first kappa shape index (κ1) is 28.1. The van der Waals surface area contributed by atoms with E-state index in [9.17, 15) is 19.7 Å². The second-order valence-corrected chi connectivity index (χ2v) is 10.4. The minimum absolute atomic E-state index is 0.00189. The molecule has 1 N–H and O–H groups in total. The molecule has 2 amide bonds. The summed E-state index contributed by atoms with van der Waals surface area (Å²) in [5.41, 5.74) is 5.08. The number of nitro groups is 1. The van der Waals surface area contributed by atoms with Gasteiger partial charge in [0.25, 0.3) is 17.5 Å². The van der Waals surface area contributed by atoms with E-state index in [1.807, 2.05) is 13.8 Å². The molecule has 0 aromatic heterocycles. The number of hydrogen-bond donors (Lipinski definition) is 1. The molecule has 3 aromatic rings. The first-order valence-corrected chi connectivity index (χ1v) is 13.2. The van der Waals surface area contributed by atoms with Crippen LogP contribution in [0, 0.1) is 17.0 Å². The van der Waals surface area contributed by atoms with Gasteiger partial charge in [0, 0.05) is 12.1 Å². The minimum Gasteiger partial charge on any atom is -0.490 e. The molecule has 9 nitrogen and oxygen atoms in total. The third kappa shape index (κ3) is 6.75. The Morgan fingerprint density at radius 3 is 2.54 bits per heavy atom. The molecule has 4 rings (SSSR count). The molecule has 1 aliphatic heterocycles. The smallest absolute Gasteiger partial charge is 0.285 e. The van der Waals surface area contributed by atoms with Crippen LogP contribution in [-0.4, -0.2) is 32.7 Å². The average Bonchev–Trinajstić information content (AvgIpc) is 3.15. The SMILES string of the molecule is CCOc1cc(/C=C2/SC(=S)N(NC(=O)c3ccc(C)cc3Cl)C2=O)ccc1OCc1ccc([N+](=O)[O-])cc1. The molecule has 0 bridgehead atoms. The molecule has 3 aromatic carbocycles. The van der Waals surface area contributed by atoms with Crippen molar-refractivity contribution in [2.45, 2.75) is 20.5 Å². The van der Waals surface area contributed by atoms with E-state index in [1.165, 1.54) is 12.1 Å². The van der Waals surface area contributed by atoms with Gasteiger partial charge in [0.1, 0.15) is 6.61 Å². The van der Waals surface area contributed by atoms with E-state index in [2.05, 4.69) is 5.43 Å². The number of aryl methyl sites for hydroxylation is 1. The summed E-state index contributed by atoms with van der Waals surface area (Å²) in [6.45, 7) is 4.25. The van der Waals surface area contributed by atoms with Crippen molar-refractivity contribution in [3.8, 4) is 11.5 Å². The highest BCUT2D eigenvalue weighted by Crippen LogP contribution is 2.35. The molecule has 1 saturated heterocycles. The zero-order chi connectivity index (χ0) is 28.1. The van der Waals surface area contributed by atoms with Crippen molar-refractivity contribution in [3.63, 3.8) is 0 Å². The fraction of sp³-hybridized carbons (Fsp3) is 0.148. The summed E-state index contributed by atoms with van der Waals surface area (Å²) in [5.74, 6) is -0.0863. The largest absolute Gasteiger partial charge is 0.490 e. The summed E-state index contributed by atoms with van der Waals surface area (Å²) in [6, 6.07) is 16.3. The Bertz CT molecular complexity index is 1490. The van der Waals surface area contributed by atoms with Crippen LogP contribution in [0.25, 0.3) is 6.08 Å². The highest BCUT2D eigenvalue weighted by atomic mass is 35.5. The lowest BCUT2D eigenvalue weighted by molar-refractivity contribution is -0.384. The third-order valence-electron chi connectivity index (χ3n) is 5.48. The first-order valence-electron chi connectivity index (χ1n) is 11.6. The van der Waals surface area contributed by atoms with Gasteiger partial charge in [-0.05, 0) is 85.2 Å². The Kier molecular flexibility index (Phi) is 8.85. The molecule has 39 heavy (non-hydrogen) atoms. The number of thiocarbonyl (C=S) groups is 1. The van der Waals surface area contributed by atoms with Gasteiger partial charge in [-0.3, -0.25) is 25.1 Å². The fourth-order valence-corrected chi connectivity index (χ4v) is 5.06. The van der Waals surface area contributed by atoms with E-state index in [1.54, 1.807) is 54.6 Å². The molecule has 1 aliphatic rings. The molecular formula is C27H22ClN3O6S2. The minimum atomic E-state index is -0.550. The van der Waals surface area contributed by atoms with Crippen molar-refractivity contribution in [1.29, 1.82) is 0 Å². The normalized spacial score (nSPS) is 14.0. The third-order valence-corrected chi connectivity index (χ3v) is 7.10. The van der Waals surface area contributed by atoms with Crippen LogP contribution in [-0.2, 0) is 11.4 Å². The number of carbonyl (C=O) groups is 2. The molecular weight excluding hydrogens is 562 g/mol. The van der Waals surface area contributed by atoms with E-state index >= 15 is 0 Å². The molecule has 1 fully saturated rings. The number of ether oxygens (including phenoxy) is 2. The second-order valence-electron chi connectivity index (χ2n) is 8.29. The van der Waals surface area contributed by atoms with Gasteiger partial charge in [-0.2, -0.15) is 5.01 Å². The van der Waals surface area contributed by atoms with Gasteiger partial charge in [-0.15, -0.1) is 0 Å². The maximum atomic E-state index is 13.0. The lowest BCUT2D eigenvalue weighted by Crippen LogP contribution is -2.44. The molecule has 0 unspecified atom stereocenters. The van der Waals surface area contributed by atoms with E-state index in [0.29, 0.717) is 28.6 Å². The predicted octanol–water partition coefficient (Wildman–Crippen LogP) is 6.08. The Balaban J connectivity index is 1.47. The maximum absolute atomic E-state index is 13.0. The van der Waals surface area contributed by atoms with Crippen LogP contribution in [0.1, 0.15) is 34.0 Å². The van der Waals surface area contributed by atoms with Crippen molar-refractivity contribution >= 4 is 63.5 Å². The quantitative estimate of drug-likeness (QED) is 0.140. The molecule has 1 heterocycles. The molecule has 0 atom stereocenters. The zero-order valence-corrected chi connectivity index (χ0v) is 23.2. The fourth-order valence-electron chi connectivity index (χ4n) is 3.56. The Morgan fingerprint density at radius 1 is 1.13 bits per heavy atom. The molecule has 0 saturated carbocycles. The predicted molar refractivity (Wildman–Crippen MR) is 154 cm³/mol. The average molecular weight is 584 g/mol. The summed E-state index contributed by atoms with van der Waals surface area (Å²) in [6.07, 6.45) is 1.65. The lowest BCUT2D eigenvalue weighted by Gasteiger charge is -2.16. The number of thioether (sulfide) groups is 1. The van der Waals surface area contributed by atoms with Gasteiger partial charge >= 0.3 is 0 Å². The second kappa shape index (κ2) is 12.3. The first-order chi connectivity index (χ1) is 18.7. The number of nitrogens with zero attached hydrogens (tertiary/aromatic N) is 2. The number of halogens is 1. The van der Waals surface area contributed by atoms with Gasteiger partial charge in [-0.25, -0.2) is 0 Å². The van der Waals surface area contributed by atoms with E-state index in [4.69, 9.17) is 33.3 Å². The van der Waals surface area contributed by atoms with Gasteiger partial charge < -0.3 is 9.47 Å². The van der Waals surface area contributed by atoms with Crippen molar-refractivity contribution in [1.82, 2.24) is 10.4 Å². The van der Waals surface area contributed by atoms with E-state index < -0.39 is 16.7 Å². The monoisotopic (exact) mass is 583 g/mol. The van der Waals surface area contributed by atoms with Crippen LogP contribution in [0.3, 0.4) is 0 Å². The highest BCUT2D eigenvalue weighted by Gasteiger charge is 2.34. The highest BCUT2D eigenvalue weighted by molar-refractivity contribution is 8.26. The van der Waals surface area contributed by atoms with Gasteiger partial charge in [0.2, 0.25) is 0 Å². The molecule has 12 heteroatoms. The number of amides is 2. The lowest BCUT2D eigenvalue weighted by atomic mass is 10.1. The van der Waals surface area contributed by atoms with Crippen molar-refractivity contribution < 1.29 is 24.0 Å². The van der Waals surface area contributed by atoms with E-state index in [0.717, 1.165) is 27.9 Å². The van der Waals surface area contributed by atoms with Crippen LogP contribution in [0.4, 0.5) is 5.69 Å². The zero-order valence-electron chi connectivity index (χ0n) is 20.8. The summed E-state index contributed by atoms with van der Waals surface area (Å²) < 4.78 is 11.8. The number of nitro benzene ring substituents is 1. The van der Waals surface area contributed by atoms with Crippen molar-refractivity contribution in [2.75, 3.05) is 6.61 Å². The number of nitrogens with one attached hydrogen (secondary N) is 1. The molecule has 0 aliphatic carbocycles. The van der Waals surface area contributed by atoms with Crippen LogP contribution < -0.4 is 14.9 Å². The summed E-state index contributed by atoms with van der Waals surface area (Å²) in [4.78, 5) is 36.5. The van der Waals surface area contributed by atoms with Crippen LogP contribution in [0.5, 0.6) is 11.5 Å². The molecule has 200 valence electrons. The van der Waals surface area contributed by atoms with Crippen LogP contribution >= 0.6 is 35.6 Å². The Labute approximate surface area is 238 Å². The molecule has 0 radical (unpaired) electrons. The number of rotatable bonds is 9. The number of benzene rings is 3. The topological polar surface area (TPSA) is 111 Å². The van der Waals surface area contributed by atoms with Crippen molar-refractivity contribution in [2.24, 2.45) is 0 Å². The standard InChI is InChI=1S/C27H22ClN3O6S2/c1-3-36-23-13-18(7-11-22(23)37-15-17-5-8-19(9-6-17)31(34)35)14-24-26(33)30(27(38)39-24)29-25(32)20-10-4-16(2)12-21(20)28/h4-14H,3,15H2,1-2H3,(H,29,32)/b24-14+. The summed E-state index contributed by atoms with van der Waals surface area (Å²) in [7, 11) is 0. The van der Waals surface area contributed by atoms with Gasteiger partial charge in [0.05, 0.1) is 27.0 Å². The van der Waals surface area contributed by atoms with Crippen molar-refractivity contribution in [3.05, 3.63) is 103 Å². The number of non-ortho nitro benzene ring substituents is 1. The van der Waals surface area contributed by atoms with Crippen LogP contribution in [0.2, 0.25) is 5.02 Å². The summed E-state index contributed by atoms with van der Waals surface area (Å²) in [5, 5.41) is 12.1. The number of hydrogen-bond acceptors (Lipinski definition) is 8. The van der Waals surface area contributed by atoms with Gasteiger partial charge in [0.15, 0.2) is 15.8 Å². The number of carbonyl (C=O) groups excluding carboxylic acids is 2. The van der Waals surface area contributed by atoms with Gasteiger partial charge in [-0.1, -0.05) is 35.5 Å². The number of hydrazine groups is 1. The van der Waals surface area contributed by atoms with E-state index in [-0.39, 0.29) is 27.2 Å². The maximum Gasteiger partial charge on any atom is 0.285 e. The Morgan fingerprint density at radius 2 is 1.87 bits per heavy atom. The summed E-state index contributed by atoms with van der Waals surface area (Å²) >= 11 is 12.6. The molecule has 0 spiro atoms. The Hall–Kier alpha value is -3.93.